The lowest BCUT2D eigenvalue weighted by Crippen LogP contribution is -2.14. The summed E-state index contributed by atoms with van der Waals surface area (Å²) in [5, 5.41) is 43.5. The number of benzene rings is 2. The van der Waals surface area contributed by atoms with Crippen LogP contribution in [0.25, 0.3) is 0 Å². The van der Waals surface area contributed by atoms with Crippen molar-refractivity contribution in [2.45, 2.75) is 26.2 Å². The predicted molar refractivity (Wildman–Crippen MR) is 102 cm³/mol. The van der Waals surface area contributed by atoms with Crippen molar-refractivity contribution in [3.05, 3.63) is 65.7 Å². The van der Waals surface area contributed by atoms with Gasteiger partial charge in [0, 0.05) is 11.8 Å². The van der Waals surface area contributed by atoms with E-state index in [0.717, 1.165) is 6.42 Å². The van der Waals surface area contributed by atoms with Gasteiger partial charge in [-0.25, -0.2) is 4.79 Å². The number of ether oxygens (including phenoxy) is 1. The maximum absolute atomic E-state index is 12.6. The van der Waals surface area contributed by atoms with Crippen molar-refractivity contribution in [3.63, 3.8) is 0 Å². The first-order valence-electron chi connectivity index (χ1n) is 8.52. The van der Waals surface area contributed by atoms with Crippen LogP contribution in [0.5, 0.6) is 11.5 Å². The van der Waals surface area contributed by atoms with Crippen LogP contribution in [0.4, 0.5) is 22.7 Å². The number of rotatable bonds is 8. The van der Waals surface area contributed by atoms with Crippen LogP contribution in [-0.2, 0) is 6.42 Å². The molecule has 0 bridgehead atoms. The Labute approximate surface area is 168 Å². The Morgan fingerprint density at radius 3 is 2.17 bits per heavy atom. The van der Waals surface area contributed by atoms with Gasteiger partial charge in [-0.1, -0.05) is 13.3 Å². The summed E-state index contributed by atoms with van der Waals surface area (Å²) in [6.45, 7) is 1.92. The highest BCUT2D eigenvalue weighted by molar-refractivity contribution is 5.94. The monoisotopic (exact) mass is 420 g/mol. The Bertz CT molecular complexity index is 1050. The summed E-state index contributed by atoms with van der Waals surface area (Å²) in [5.74, 6) is -3.37. The van der Waals surface area contributed by atoms with Gasteiger partial charge in [0.1, 0.15) is 0 Å². The molecule has 2 aromatic rings. The van der Waals surface area contributed by atoms with Crippen LogP contribution >= 0.6 is 0 Å². The second-order valence-electron chi connectivity index (χ2n) is 6.12. The van der Waals surface area contributed by atoms with Crippen molar-refractivity contribution < 1.29 is 29.4 Å². The van der Waals surface area contributed by atoms with Crippen LogP contribution in [-0.4, -0.2) is 25.8 Å². The van der Waals surface area contributed by atoms with Gasteiger partial charge in [0.2, 0.25) is 11.5 Å². The number of nitrogen functional groups attached to an aromatic ring is 1. The van der Waals surface area contributed by atoms with E-state index >= 15 is 0 Å². The van der Waals surface area contributed by atoms with E-state index in [1.807, 2.05) is 6.92 Å². The molecule has 3 N–H and O–H groups in total. The third-order valence-electron chi connectivity index (χ3n) is 4.09. The molecule has 0 atom stereocenters. The molecule has 30 heavy (non-hydrogen) atoms. The van der Waals surface area contributed by atoms with Crippen molar-refractivity contribution in [2.24, 2.45) is 0 Å². The van der Waals surface area contributed by atoms with Gasteiger partial charge in [-0.3, -0.25) is 30.3 Å². The van der Waals surface area contributed by atoms with Gasteiger partial charge in [0.15, 0.2) is 0 Å². The number of aromatic hydroxyl groups is 1. The molecule has 13 heteroatoms. The second-order valence-corrected chi connectivity index (χ2v) is 6.12. The molecule has 158 valence electrons. The van der Waals surface area contributed by atoms with Crippen molar-refractivity contribution >= 4 is 28.7 Å². The Morgan fingerprint density at radius 2 is 1.63 bits per heavy atom. The first-order chi connectivity index (χ1) is 14.1. The number of carbonyl (C=O) groups is 1. The molecule has 0 saturated carbocycles. The Kier molecular flexibility index (Phi) is 6.46. The fraction of sp³-hybridized carbons (Fsp3) is 0.235. The molecule has 2 aromatic carbocycles. The average Bonchev–Trinajstić information content (AvgIpc) is 2.64. The number of nitrogens with two attached hydrogens (primary N) is 1. The van der Waals surface area contributed by atoms with E-state index in [0.29, 0.717) is 30.2 Å². The van der Waals surface area contributed by atoms with Gasteiger partial charge in [-0.2, -0.15) is 0 Å². The number of esters is 1. The number of nitro groups is 3. The summed E-state index contributed by atoms with van der Waals surface area (Å²) in [7, 11) is 0. The number of nitrogens with zero attached hydrogens (tertiary/aromatic N) is 3. The summed E-state index contributed by atoms with van der Waals surface area (Å²) in [5.41, 5.74) is 2.07. The number of unbranched alkanes of at least 4 members (excludes halogenated alkanes) is 1. The van der Waals surface area contributed by atoms with Crippen molar-refractivity contribution in [1.82, 2.24) is 0 Å². The van der Waals surface area contributed by atoms with Gasteiger partial charge < -0.3 is 15.6 Å². The van der Waals surface area contributed by atoms with E-state index in [1.165, 1.54) is 18.2 Å². The molecule has 0 fully saturated rings. The Hall–Kier alpha value is -4.29. The first-order valence-corrected chi connectivity index (χ1v) is 8.52. The third-order valence-corrected chi connectivity index (χ3v) is 4.09. The third kappa shape index (κ3) is 4.40. The van der Waals surface area contributed by atoms with E-state index in [-0.39, 0.29) is 5.56 Å². The highest BCUT2D eigenvalue weighted by Gasteiger charge is 2.44. The van der Waals surface area contributed by atoms with Crippen LogP contribution in [0, 0.1) is 30.3 Å². The molecule has 0 spiro atoms. The zero-order valence-electron chi connectivity index (χ0n) is 15.6. The van der Waals surface area contributed by atoms with Crippen LogP contribution < -0.4 is 10.5 Å². The number of hydrogen-bond acceptors (Lipinski definition) is 10. The summed E-state index contributed by atoms with van der Waals surface area (Å²) in [4.78, 5) is 42.3. The molecule has 0 heterocycles. The topological polar surface area (TPSA) is 202 Å². The molecule has 0 aliphatic rings. The molecule has 0 aromatic heterocycles. The molecule has 2 rings (SSSR count). The van der Waals surface area contributed by atoms with E-state index in [9.17, 15) is 40.2 Å². The van der Waals surface area contributed by atoms with Crippen molar-refractivity contribution in [3.8, 4) is 11.5 Å². The van der Waals surface area contributed by atoms with Crippen LogP contribution in [0.1, 0.15) is 35.7 Å². The standard InChI is InChI=1S/C17H16N4O9/c1-2-3-4-9-7-10(18)5-6-11(9)17(23)30-13-8-12(22)14(19(24)25)16(21(28)29)15(13)20(26)27/h5-8,22H,2-4,18H2,1H3. The van der Waals surface area contributed by atoms with Gasteiger partial charge in [-0.05, 0) is 36.6 Å². The first kappa shape index (κ1) is 22.0. The zero-order valence-corrected chi connectivity index (χ0v) is 15.6. The number of aryl methyl sites for hydroxylation is 1. The van der Waals surface area contributed by atoms with E-state index in [1.54, 1.807) is 0 Å². The molecule has 0 saturated heterocycles. The SMILES string of the molecule is CCCCc1cc(N)ccc1C(=O)Oc1cc(O)c([N+](=O)[O-])c([N+](=O)[O-])c1[N+](=O)[O-]. The maximum Gasteiger partial charge on any atom is 0.430 e. The van der Waals surface area contributed by atoms with E-state index in [4.69, 9.17) is 10.5 Å². The number of anilines is 1. The zero-order chi connectivity index (χ0) is 22.6. The highest BCUT2D eigenvalue weighted by atomic mass is 16.7. The minimum absolute atomic E-state index is 0.00689. The predicted octanol–water partition coefficient (Wildman–Crippen LogP) is 3.26. The highest BCUT2D eigenvalue weighted by Crippen LogP contribution is 2.48. The Morgan fingerprint density at radius 1 is 1.03 bits per heavy atom. The molecule has 0 aliphatic heterocycles. The Balaban J connectivity index is 2.61. The van der Waals surface area contributed by atoms with Gasteiger partial charge >= 0.3 is 23.0 Å². The maximum atomic E-state index is 12.6. The average molecular weight is 420 g/mol. The number of carbonyl (C=O) groups excluding carboxylic acids is 1. The number of phenolic OH excluding ortho intramolecular Hbond substituents is 1. The fourth-order valence-corrected chi connectivity index (χ4v) is 2.76. The van der Waals surface area contributed by atoms with Crippen molar-refractivity contribution in [1.29, 1.82) is 0 Å². The summed E-state index contributed by atoms with van der Waals surface area (Å²) < 4.78 is 4.95. The molecule has 0 aliphatic carbocycles. The molecular formula is C17H16N4O9. The number of phenols is 1. The number of hydrogen-bond donors (Lipinski definition) is 2. The second kappa shape index (κ2) is 8.81. The van der Waals surface area contributed by atoms with E-state index in [2.05, 4.69) is 0 Å². The fourth-order valence-electron chi connectivity index (χ4n) is 2.76. The molecule has 13 nitrogen and oxygen atoms in total. The lowest BCUT2D eigenvalue weighted by Gasteiger charge is -2.11. The largest absolute Gasteiger partial charge is 0.502 e. The van der Waals surface area contributed by atoms with E-state index < -0.39 is 49.3 Å². The minimum Gasteiger partial charge on any atom is -0.502 e. The van der Waals surface area contributed by atoms with Crippen LogP contribution in [0.2, 0.25) is 0 Å². The van der Waals surface area contributed by atoms with Crippen molar-refractivity contribution in [2.75, 3.05) is 5.73 Å². The summed E-state index contributed by atoms with van der Waals surface area (Å²) in [6, 6.07) is 4.67. The summed E-state index contributed by atoms with van der Waals surface area (Å²) >= 11 is 0. The molecule has 0 unspecified atom stereocenters. The quantitative estimate of drug-likeness (QED) is 0.210. The van der Waals surface area contributed by atoms with Gasteiger partial charge in [0.25, 0.3) is 0 Å². The number of nitro benzene ring substituents is 3. The van der Waals surface area contributed by atoms with Gasteiger partial charge in [0.05, 0.1) is 20.3 Å². The molecular weight excluding hydrogens is 404 g/mol. The lowest BCUT2D eigenvalue weighted by molar-refractivity contribution is -0.441. The normalized spacial score (nSPS) is 10.4. The van der Waals surface area contributed by atoms with Crippen LogP contribution in [0.3, 0.4) is 0 Å². The molecule has 0 amide bonds. The van der Waals surface area contributed by atoms with Crippen LogP contribution in [0.15, 0.2) is 24.3 Å². The summed E-state index contributed by atoms with van der Waals surface area (Å²) in [6.07, 6.45) is 1.95. The minimum atomic E-state index is -1.60. The van der Waals surface area contributed by atoms with Gasteiger partial charge in [-0.15, -0.1) is 0 Å². The lowest BCUT2D eigenvalue weighted by atomic mass is 10.0. The molecule has 0 radical (unpaired) electrons. The smallest absolute Gasteiger partial charge is 0.430 e.